The third kappa shape index (κ3) is 2.99. The van der Waals surface area contributed by atoms with E-state index in [1.165, 1.54) is 12.8 Å². The van der Waals surface area contributed by atoms with Crippen molar-refractivity contribution < 1.29 is 5.21 Å². The lowest BCUT2D eigenvalue weighted by atomic mass is 10.0. The summed E-state index contributed by atoms with van der Waals surface area (Å²) in [5.74, 6) is 0. The van der Waals surface area contributed by atoms with Crippen LogP contribution in [0.5, 0.6) is 0 Å². The molecule has 1 saturated heterocycles. The van der Waals surface area contributed by atoms with Gasteiger partial charge in [0.2, 0.25) is 0 Å². The minimum Gasteiger partial charge on any atom is -0.411 e. The molecule has 0 amide bonds. The molecule has 0 bridgehead atoms. The third-order valence-corrected chi connectivity index (χ3v) is 2.85. The second-order valence-electron chi connectivity index (χ2n) is 3.84. The van der Waals surface area contributed by atoms with E-state index in [0.717, 1.165) is 31.6 Å². The lowest BCUT2D eigenvalue weighted by Gasteiger charge is -2.32. The van der Waals surface area contributed by atoms with Gasteiger partial charge in [-0.25, -0.2) is 0 Å². The Hall–Kier alpha value is -0.570. The van der Waals surface area contributed by atoms with Crippen LogP contribution < -0.4 is 0 Å². The third-order valence-electron chi connectivity index (χ3n) is 2.85. The Morgan fingerprint density at radius 3 is 2.54 bits per heavy atom. The van der Waals surface area contributed by atoms with E-state index in [1.807, 2.05) is 0 Å². The Bertz CT molecular complexity index is 170. The van der Waals surface area contributed by atoms with Crippen molar-refractivity contribution in [2.24, 2.45) is 5.16 Å². The first-order valence-electron chi connectivity index (χ1n) is 5.21. The van der Waals surface area contributed by atoms with Crippen LogP contribution in [0.2, 0.25) is 0 Å². The number of oxime groups is 1. The fourth-order valence-corrected chi connectivity index (χ4v) is 1.92. The fraction of sp³-hybridized carbons (Fsp3) is 0.900. The topological polar surface area (TPSA) is 35.8 Å². The maximum atomic E-state index is 8.59. The van der Waals surface area contributed by atoms with Crippen LogP contribution in [-0.4, -0.2) is 35.0 Å². The molecule has 0 spiro atoms. The maximum absolute atomic E-state index is 8.59. The zero-order valence-corrected chi connectivity index (χ0v) is 8.66. The number of hydrogen-bond acceptors (Lipinski definition) is 3. The second-order valence-corrected chi connectivity index (χ2v) is 3.84. The van der Waals surface area contributed by atoms with Crippen molar-refractivity contribution in [3.8, 4) is 0 Å². The average Bonchev–Trinajstić information content (AvgIpc) is 2.18. The van der Waals surface area contributed by atoms with Crippen LogP contribution in [0.15, 0.2) is 5.16 Å². The van der Waals surface area contributed by atoms with Gasteiger partial charge in [0.15, 0.2) is 0 Å². The Morgan fingerprint density at radius 1 is 1.46 bits per heavy atom. The molecular weight excluding hydrogens is 164 g/mol. The van der Waals surface area contributed by atoms with Gasteiger partial charge in [0.1, 0.15) is 0 Å². The zero-order chi connectivity index (χ0) is 9.68. The smallest absolute Gasteiger partial charge is 0.0596 e. The van der Waals surface area contributed by atoms with Gasteiger partial charge in [0.25, 0.3) is 0 Å². The second kappa shape index (κ2) is 5.22. The zero-order valence-electron chi connectivity index (χ0n) is 8.66. The average molecular weight is 184 g/mol. The summed E-state index contributed by atoms with van der Waals surface area (Å²) in [6, 6.07) is 0.685. The molecule has 0 radical (unpaired) electrons. The summed E-state index contributed by atoms with van der Waals surface area (Å²) in [7, 11) is 0. The van der Waals surface area contributed by atoms with Crippen LogP contribution >= 0.6 is 0 Å². The van der Waals surface area contributed by atoms with Gasteiger partial charge < -0.3 is 5.21 Å². The predicted molar refractivity (Wildman–Crippen MR) is 54.4 cm³/mol. The van der Waals surface area contributed by atoms with Crippen molar-refractivity contribution in [3.63, 3.8) is 0 Å². The predicted octanol–water partition coefficient (Wildman–Crippen LogP) is 2.10. The highest BCUT2D eigenvalue weighted by Gasteiger charge is 2.19. The summed E-state index contributed by atoms with van der Waals surface area (Å²) in [5.41, 5.74) is 0.958. The summed E-state index contributed by atoms with van der Waals surface area (Å²) >= 11 is 0. The van der Waals surface area contributed by atoms with E-state index in [4.69, 9.17) is 5.21 Å². The highest BCUT2D eigenvalue weighted by Crippen LogP contribution is 2.13. The molecule has 13 heavy (non-hydrogen) atoms. The minimum absolute atomic E-state index is 0.685. The maximum Gasteiger partial charge on any atom is 0.0596 e. The number of rotatable bonds is 3. The molecule has 1 unspecified atom stereocenters. The van der Waals surface area contributed by atoms with E-state index in [0.29, 0.717) is 6.04 Å². The molecule has 1 aliphatic rings. The van der Waals surface area contributed by atoms with E-state index in [1.54, 1.807) is 0 Å². The van der Waals surface area contributed by atoms with Gasteiger partial charge >= 0.3 is 0 Å². The molecule has 1 atom stereocenters. The Morgan fingerprint density at radius 2 is 2.08 bits per heavy atom. The molecule has 0 aromatic carbocycles. The number of hydrogen-bond donors (Lipinski definition) is 1. The summed E-state index contributed by atoms with van der Waals surface area (Å²) in [6.45, 7) is 6.62. The SMILES string of the molecule is CCCC(C)N1CCC(=NO)CC1. The molecule has 1 fully saturated rings. The minimum atomic E-state index is 0.685. The van der Waals surface area contributed by atoms with Gasteiger partial charge in [0, 0.05) is 32.0 Å². The van der Waals surface area contributed by atoms with Crippen LogP contribution in [0.1, 0.15) is 39.5 Å². The van der Waals surface area contributed by atoms with E-state index < -0.39 is 0 Å². The molecule has 76 valence electrons. The van der Waals surface area contributed by atoms with Gasteiger partial charge in [0.05, 0.1) is 5.71 Å². The van der Waals surface area contributed by atoms with Gasteiger partial charge in [-0.05, 0) is 13.3 Å². The van der Waals surface area contributed by atoms with Crippen molar-refractivity contribution in [2.45, 2.75) is 45.6 Å². The number of piperidine rings is 1. The van der Waals surface area contributed by atoms with Gasteiger partial charge in [-0.3, -0.25) is 4.90 Å². The Kier molecular flexibility index (Phi) is 4.22. The molecule has 1 N–H and O–H groups in total. The van der Waals surface area contributed by atoms with Gasteiger partial charge in [-0.1, -0.05) is 18.5 Å². The molecule has 1 heterocycles. The van der Waals surface area contributed by atoms with E-state index in [9.17, 15) is 0 Å². The van der Waals surface area contributed by atoms with Crippen LogP contribution in [0, 0.1) is 0 Å². The van der Waals surface area contributed by atoms with Crippen LogP contribution in [-0.2, 0) is 0 Å². The fourth-order valence-electron chi connectivity index (χ4n) is 1.92. The molecule has 0 saturated carbocycles. The molecule has 3 nitrogen and oxygen atoms in total. The van der Waals surface area contributed by atoms with Crippen LogP contribution in [0.3, 0.4) is 0 Å². The van der Waals surface area contributed by atoms with E-state index in [-0.39, 0.29) is 0 Å². The molecule has 3 heteroatoms. The van der Waals surface area contributed by atoms with Gasteiger partial charge in [-0.15, -0.1) is 0 Å². The summed E-state index contributed by atoms with van der Waals surface area (Å²) in [6.07, 6.45) is 4.39. The largest absolute Gasteiger partial charge is 0.411 e. The van der Waals surface area contributed by atoms with Crippen molar-refractivity contribution in [3.05, 3.63) is 0 Å². The highest BCUT2D eigenvalue weighted by molar-refractivity contribution is 5.84. The first-order valence-corrected chi connectivity index (χ1v) is 5.21. The summed E-state index contributed by atoms with van der Waals surface area (Å²) < 4.78 is 0. The quantitative estimate of drug-likeness (QED) is 0.538. The standard InChI is InChI=1S/C10H20N2O/c1-3-4-9(2)12-7-5-10(11-13)6-8-12/h9,13H,3-8H2,1-2H3. The highest BCUT2D eigenvalue weighted by atomic mass is 16.4. The monoisotopic (exact) mass is 184 g/mol. The first-order chi connectivity index (χ1) is 6.27. The number of nitrogens with zero attached hydrogens (tertiary/aromatic N) is 2. The van der Waals surface area contributed by atoms with Crippen molar-refractivity contribution >= 4 is 5.71 Å². The van der Waals surface area contributed by atoms with Crippen LogP contribution in [0.25, 0.3) is 0 Å². The van der Waals surface area contributed by atoms with Crippen LogP contribution in [0.4, 0.5) is 0 Å². The summed E-state index contributed by atoms with van der Waals surface area (Å²) in [5, 5.41) is 11.9. The number of likely N-dealkylation sites (tertiary alicyclic amines) is 1. The Labute approximate surface area is 80.4 Å². The van der Waals surface area contributed by atoms with Crippen molar-refractivity contribution in [1.82, 2.24) is 4.90 Å². The molecule has 0 aromatic heterocycles. The molecule has 0 aromatic rings. The lowest BCUT2D eigenvalue weighted by Crippen LogP contribution is -2.40. The van der Waals surface area contributed by atoms with Crippen molar-refractivity contribution in [2.75, 3.05) is 13.1 Å². The van der Waals surface area contributed by atoms with E-state index >= 15 is 0 Å². The molecule has 0 aliphatic carbocycles. The molecule has 1 aliphatic heterocycles. The molecular formula is C10H20N2O. The first kappa shape index (κ1) is 10.5. The lowest BCUT2D eigenvalue weighted by molar-refractivity contribution is 0.195. The van der Waals surface area contributed by atoms with E-state index in [2.05, 4.69) is 23.9 Å². The Balaban J connectivity index is 2.31. The van der Waals surface area contributed by atoms with Crippen molar-refractivity contribution in [1.29, 1.82) is 0 Å². The molecule has 1 rings (SSSR count). The normalized spacial score (nSPS) is 21.5. The van der Waals surface area contributed by atoms with Gasteiger partial charge in [-0.2, -0.15) is 0 Å². The summed E-state index contributed by atoms with van der Waals surface area (Å²) in [4.78, 5) is 2.48.